The zero-order valence-electron chi connectivity index (χ0n) is 12.9. The first kappa shape index (κ1) is 17.5. The topological polar surface area (TPSA) is 110 Å². The number of esters is 1. The minimum absolute atomic E-state index is 0.00959. The molecule has 0 radical (unpaired) electrons. The second-order valence-electron chi connectivity index (χ2n) is 4.98. The molecule has 2 rings (SSSR count). The molecule has 0 saturated carbocycles. The summed E-state index contributed by atoms with van der Waals surface area (Å²) in [6.07, 6.45) is 0. The minimum atomic E-state index is -3.99. The molecule has 0 bridgehead atoms. The summed E-state index contributed by atoms with van der Waals surface area (Å²) in [7, 11) is -2.84. The van der Waals surface area contributed by atoms with Gasteiger partial charge in [0, 0.05) is 0 Å². The van der Waals surface area contributed by atoms with Gasteiger partial charge in [0.1, 0.15) is 0 Å². The van der Waals surface area contributed by atoms with Gasteiger partial charge in [-0.3, -0.25) is 4.72 Å². The van der Waals surface area contributed by atoms with E-state index >= 15 is 0 Å². The summed E-state index contributed by atoms with van der Waals surface area (Å²) >= 11 is 0. The number of nitrogens with one attached hydrogen (secondary N) is 1. The molecule has 0 aliphatic heterocycles. The largest absolute Gasteiger partial charge is 0.478 e. The lowest BCUT2D eigenvalue weighted by Crippen LogP contribution is -2.17. The Bertz CT molecular complexity index is 887. The fraction of sp³-hybridized carbons (Fsp3) is 0.125. The number of sulfonamides is 1. The van der Waals surface area contributed by atoms with E-state index in [1.54, 1.807) is 12.1 Å². The monoisotopic (exact) mass is 349 g/mol. The Kier molecular flexibility index (Phi) is 4.89. The van der Waals surface area contributed by atoms with Gasteiger partial charge in [0.25, 0.3) is 10.0 Å². The molecule has 2 N–H and O–H groups in total. The SMILES string of the molecule is COC(=O)c1ccc(C(=O)O)cc1NS(=O)(=O)c1ccc(C)cc1. The summed E-state index contributed by atoms with van der Waals surface area (Å²) in [6.45, 7) is 1.81. The van der Waals surface area contributed by atoms with E-state index in [2.05, 4.69) is 9.46 Å². The summed E-state index contributed by atoms with van der Waals surface area (Å²) in [6, 6.07) is 9.54. The zero-order chi connectivity index (χ0) is 17.9. The lowest BCUT2D eigenvalue weighted by Gasteiger charge is -2.12. The van der Waals surface area contributed by atoms with E-state index in [-0.39, 0.29) is 21.7 Å². The van der Waals surface area contributed by atoms with E-state index in [0.29, 0.717) is 0 Å². The summed E-state index contributed by atoms with van der Waals surface area (Å²) in [4.78, 5) is 22.9. The van der Waals surface area contributed by atoms with Crippen LogP contribution in [0.15, 0.2) is 47.4 Å². The maximum Gasteiger partial charge on any atom is 0.339 e. The average Bonchev–Trinajstić information content (AvgIpc) is 2.54. The van der Waals surface area contributed by atoms with Gasteiger partial charge in [-0.15, -0.1) is 0 Å². The first-order valence-electron chi connectivity index (χ1n) is 6.80. The van der Waals surface area contributed by atoms with Gasteiger partial charge in [-0.05, 0) is 37.3 Å². The van der Waals surface area contributed by atoms with Crippen LogP contribution in [0.5, 0.6) is 0 Å². The lowest BCUT2D eigenvalue weighted by atomic mass is 10.1. The van der Waals surface area contributed by atoms with Crippen LogP contribution in [0, 0.1) is 6.92 Å². The van der Waals surface area contributed by atoms with Gasteiger partial charge >= 0.3 is 11.9 Å². The number of hydrogen-bond donors (Lipinski definition) is 2. The second kappa shape index (κ2) is 6.71. The van der Waals surface area contributed by atoms with Crippen LogP contribution in [0.25, 0.3) is 0 Å². The Morgan fingerprint density at radius 1 is 1.08 bits per heavy atom. The summed E-state index contributed by atoms with van der Waals surface area (Å²) in [5.74, 6) is -2.03. The quantitative estimate of drug-likeness (QED) is 0.802. The maximum atomic E-state index is 12.4. The molecule has 0 fully saturated rings. The Hall–Kier alpha value is -2.87. The molecule has 0 aliphatic rings. The smallest absolute Gasteiger partial charge is 0.339 e. The number of rotatable bonds is 5. The predicted molar refractivity (Wildman–Crippen MR) is 86.7 cm³/mol. The maximum absolute atomic E-state index is 12.4. The number of aromatic carboxylic acids is 1. The first-order chi connectivity index (χ1) is 11.2. The van der Waals surface area contributed by atoms with E-state index in [1.807, 2.05) is 6.92 Å². The van der Waals surface area contributed by atoms with Crippen LogP contribution in [0.2, 0.25) is 0 Å². The van der Waals surface area contributed by atoms with Crippen LogP contribution < -0.4 is 4.72 Å². The van der Waals surface area contributed by atoms with E-state index in [9.17, 15) is 18.0 Å². The molecule has 8 heteroatoms. The van der Waals surface area contributed by atoms with Gasteiger partial charge in [-0.2, -0.15) is 0 Å². The predicted octanol–water partition coefficient (Wildman–Crippen LogP) is 2.28. The van der Waals surface area contributed by atoms with Crippen LogP contribution >= 0.6 is 0 Å². The Balaban J connectivity index is 2.49. The molecule has 0 spiro atoms. The zero-order valence-corrected chi connectivity index (χ0v) is 13.8. The van der Waals surface area contributed by atoms with Crippen LogP contribution in [-0.4, -0.2) is 32.6 Å². The molecule has 2 aromatic carbocycles. The summed E-state index contributed by atoms with van der Waals surface area (Å²) < 4.78 is 31.7. The number of aryl methyl sites for hydroxylation is 1. The van der Waals surface area contributed by atoms with Crippen molar-refractivity contribution >= 4 is 27.6 Å². The fourth-order valence-corrected chi connectivity index (χ4v) is 3.04. The number of hydrogen-bond acceptors (Lipinski definition) is 5. The van der Waals surface area contributed by atoms with Crippen LogP contribution in [0.3, 0.4) is 0 Å². The van der Waals surface area contributed by atoms with Crippen LogP contribution in [0.4, 0.5) is 5.69 Å². The minimum Gasteiger partial charge on any atom is -0.478 e. The van der Waals surface area contributed by atoms with E-state index in [4.69, 9.17) is 5.11 Å². The van der Waals surface area contributed by atoms with Crippen molar-refractivity contribution in [2.24, 2.45) is 0 Å². The third kappa shape index (κ3) is 3.72. The number of benzene rings is 2. The van der Waals surface area contributed by atoms with Crippen LogP contribution in [-0.2, 0) is 14.8 Å². The summed E-state index contributed by atoms with van der Waals surface area (Å²) in [5.41, 5.74) is 0.474. The Labute approximate surface area is 138 Å². The molecule has 2 aromatic rings. The molecular weight excluding hydrogens is 334 g/mol. The highest BCUT2D eigenvalue weighted by Crippen LogP contribution is 2.23. The van der Waals surface area contributed by atoms with Crippen molar-refractivity contribution in [3.05, 3.63) is 59.2 Å². The molecule has 0 unspecified atom stereocenters. The van der Waals surface area contributed by atoms with Crippen LogP contribution in [0.1, 0.15) is 26.3 Å². The van der Waals surface area contributed by atoms with Crippen molar-refractivity contribution in [2.45, 2.75) is 11.8 Å². The van der Waals surface area contributed by atoms with Gasteiger partial charge in [-0.1, -0.05) is 17.7 Å². The molecule has 0 saturated heterocycles. The van der Waals surface area contributed by atoms with Gasteiger partial charge < -0.3 is 9.84 Å². The Morgan fingerprint density at radius 3 is 2.25 bits per heavy atom. The van der Waals surface area contributed by atoms with Gasteiger partial charge in [0.15, 0.2) is 0 Å². The number of carboxylic acids is 1. The highest BCUT2D eigenvalue weighted by atomic mass is 32.2. The molecule has 24 heavy (non-hydrogen) atoms. The standard InChI is InChI=1S/C16H15NO6S/c1-10-3-6-12(7-4-10)24(21,22)17-14-9-11(15(18)19)5-8-13(14)16(20)23-2/h3-9,17H,1-2H3,(H,18,19). The first-order valence-corrected chi connectivity index (χ1v) is 8.28. The van der Waals surface area contributed by atoms with Crippen molar-refractivity contribution in [3.8, 4) is 0 Å². The van der Waals surface area contributed by atoms with Crippen molar-refractivity contribution in [2.75, 3.05) is 11.8 Å². The lowest BCUT2D eigenvalue weighted by molar-refractivity contribution is 0.0600. The Morgan fingerprint density at radius 2 is 1.71 bits per heavy atom. The third-order valence-corrected chi connectivity index (χ3v) is 4.63. The third-order valence-electron chi connectivity index (χ3n) is 3.25. The normalized spacial score (nSPS) is 10.9. The highest BCUT2D eigenvalue weighted by molar-refractivity contribution is 7.92. The molecule has 0 amide bonds. The second-order valence-corrected chi connectivity index (χ2v) is 6.66. The van der Waals surface area contributed by atoms with Crippen molar-refractivity contribution < 1.29 is 27.9 Å². The van der Waals surface area contributed by atoms with Gasteiger partial charge in [-0.25, -0.2) is 18.0 Å². The fourth-order valence-electron chi connectivity index (χ4n) is 1.97. The summed E-state index contributed by atoms with van der Waals surface area (Å²) in [5, 5.41) is 9.05. The van der Waals surface area contributed by atoms with Crippen molar-refractivity contribution in [1.82, 2.24) is 0 Å². The highest BCUT2D eigenvalue weighted by Gasteiger charge is 2.20. The van der Waals surface area contributed by atoms with Crippen molar-refractivity contribution in [3.63, 3.8) is 0 Å². The number of carboxylic acid groups (broad SMARTS) is 1. The molecular formula is C16H15NO6S. The van der Waals surface area contributed by atoms with E-state index in [0.717, 1.165) is 18.7 Å². The molecule has 126 valence electrons. The van der Waals surface area contributed by atoms with Gasteiger partial charge in [0.2, 0.25) is 0 Å². The number of anilines is 1. The van der Waals surface area contributed by atoms with Gasteiger partial charge in [0.05, 0.1) is 28.8 Å². The van der Waals surface area contributed by atoms with E-state index < -0.39 is 22.0 Å². The number of ether oxygens (including phenoxy) is 1. The number of carbonyl (C=O) groups is 2. The van der Waals surface area contributed by atoms with E-state index in [1.165, 1.54) is 24.3 Å². The number of methoxy groups -OCH3 is 1. The number of carbonyl (C=O) groups excluding carboxylic acids is 1. The average molecular weight is 349 g/mol. The molecule has 7 nitrogen and oxygen atoms in total. The van der Waals surface area contributed by atoms with Crippen molar-refractivity contribution in [1.29, 1.82) is 0 Å². The molecule has 0 heterocycles. The molecule has 0 aliphatic carbocycles. The molecule has 0 atom stereocenters. The molecule has 0 aromatic heterocycles.